The number of halogens is 1. The Bertz CT molecular complexity index is 492. The van der Waals surface area contributed by atoms with E-state index in [0.29, 0.717) is 19.6 Å². The number of rotatable bonds is 2. The van der Waals surface area contributed by atoms with Gasteiger partial charge < -0.3 is 19.7 Å². The first-order valence-electron chi connectivity index (χ1n) is 7.11. The maximum Gasteiger partial charge on any atom is 0.228 e. The Hall–Kier alpha value is -1.30. The van der Waals surface area contributed by atoms with E-state index in [0.717, 1.165) is 24.6 Å². The lowest BCUT2D eigenvalue weighted by atomic mass is 10.1. The van der Waals surface area contributed by atoms with Gasteiger partial charge in [-0.1, -0.05) is 12.1 Å². The summed E-state index contributed by atoms with van der Waals surface area (Å²) in [5.74, 6) is 0.906. The molecular formula is C15H21ClN2O3. The van der Waals surface area contributed by atoms with E-state index in [9.17, 15) is 4.79 Å². The van der Waals surface area contributed by atoms with Gasteiger partial charge in [0.1, 0.15) is 11.9 Å². The van der Waals surface area contributed by atoms with Gasteiger partial charge in [-0.3, -0.25) is 4.79 Å². The number of carbonyl (C=O) groups excluding carboxylic acids is 1. The Morgan fingerprint density at radius 2 is 2.24 bits per heavy atom. The van der Waals surface area contributed by atoms with Crippen molar-refractivity contribution in [2.45, 2.75) is 25.5 Å². The van der Waals surface area contributed by atoms with Crippen molar-refractivity contribution in [3.8, 4) is 5.75 Å². The van der Waals surface area contributed by atoms with Crippen molar-refractivity contribution < 1.29 is 14.3 Å². The first-order valence-corrected chi connectivity index (χ1v) is 7.11. The molecule has 1 aromatic rings. The van der Waals surface area contributed by atoms with E-state index < -0.39 is 0 Å². The number of morpholine rings is 1. The fourth-order valence-electron chi connectivity index (χ4n) is 2.70. The summed E-state index contributed by atoms with van der Waals surface area (Å²) >= 11 is 0. The van der Waals surface area contributed by atoms with Crippen molar-refractivity contribution in [1.29, 1.82) is 0 Å². The molecule has 2 atom stereocenters. The second-order valence-electron chi connectivity index (χ2n) is 5.33. The normalized spacial score (nSPS) is 24.5. The standard InChI is InChI=1S/C15H20N2O3.ClH/c1-11-9-17(13-4-2-3-5-14(13)20-11)15(18)8-12-10-19-7-6-16-12;/h2-5,11-12,16H,6-10H2,1H3;1H. The maximum absolute atomic E-state index is 12.5. The number of amides is 1. The van der Waals surface area contributed by atoms with Gasteiger partial charge in [-0.2, -0.15) is 0 Å². The average molecular weight is 313 g/mol. The number of ether oxygens (including phenoxy) is 2. The minimum absolute atomic E-state index is 0. The zero-order chi connectivity index (χ0) is 13.9. The number of benzene rings is 1. The average Bonchev–Trinajstić information content (AvgIpc) is 2.47. The van der Waals surface area contributed by atoms with Crippen molar-refractivity contribution in [3.63, 3.8) is 0 Å². The van der Waals surface area contributed by atoms with Gasteiger partial charge in [0.15, 0.2) is 0 Å². The number of hydrogen-bond acceptors (Lipinski definition) is 4. The summed E-state index contributed by atoms with van der Waals surface area (Å²) in [5, 5.41) is 3.32. The van der Waals surface area contributed by atoms with Gasteiger partial charge >= 0.3 is 0 Å². The van der Waals surface area contributed by atoms with Crippen molar-refractivity contribution in [2.24, 2.45) is 0 Å². The third-order valence-electron chi connectivity index (χ3n) is 3.64. The number of carbonyl (C=O) groups is 1. The summed E-state index contributed by atoms with van der Waals surface area (Å²) in [7, 11) is 0. The van der Waals surface area contributed by atoms with Gasteiger partial charge in [0.2, 0.25) is 5.91 Å². The summed E-state index contributed by atoms with van der Waals surface area (Å²) < 4.78 is 11.2. The highest BCUT2D eigenvalue weighted by atomic mass is 35.5. The van der Waals surface area contributed by atoms with Crippen LogP contribution in [0, 0.1) is 0 Å². The molecule has 0 spiro atoms. The summed E-state index contributed by atoms with van der Waals surface area (Å²) in [4.78, 5) is 14.4. The van der Waals surface area contributed by atoms with Crippen molar-refractivity contribution >= 4 is 24.0 Å². The van der Waals surface area contributed by atoms with Gasteiger partial charge in [-0.15, -0.1) is 12.4 Å². The smallest absolute Gasteiger partial charge is 0.228 e. The lowest BCUT2D eigenvalue weighted by molar-refractivity contribution is -0.120. The van der Waals surface area contributed by atoms with Crippen LogP contribution in [0.5, 0.6) is 5.75 Å². The van der Waals surface area contributed by atoms with Crippen LogP contribution in [-0.4, -0.2) is 44.4 Å². The molecule has 0 aromatic heterocycles. The number of para-hydroxylation sites is 2. The third kappa shape index (κ3) is 3.67. The minimum Gasteiger partial charge on any atom is -0.487 e. The lowest BCUT2D eigenvalue weighted by Gasteiger charge is -2.34. The Morgan fingerprint density at radius 3 is 3.00 bits per heavy atom. The summed E-state index contributed by atoms with van der Waals surface area (Å²) in [6.07, 6.45) is 0.477. The van der Waals surface area contributed by atoms with E-state index in [1.807, 2.05) is 36.1 Å². The van der Waals surface area contributed by atoms with Crippen LogP contribution >= 0.6 is 12.4 Å². The van der Waals surface area contributed by atoms with Crippen LogP contribution in [0.3, 0.4) is 0 Å². The number of nitrogens with zero attached hydrogens (tertiary/aromatic N) is 1. The van der Waals surface area contributed by atoms with Crippen LogP contribution < -0.4 is 15.0 Å². The van der Waals surface area contributed by atoms with Crippen LogP contribution in [0.25, 0.3) is 0 Å². The van der Waals surface area contributed by atoms with Crippen LogP contribution in [0.4, 0.5) is 5.69 Å². The van der Waals surface area contributed by atoms with Crippen LogP contribution in [-0.2, 0) is 9.53 Å². The molecule has 0 radical (unpaired) electrons. The number of fused-ring (bicyclic) bond motifs is 1. The quantitative estimate of drug-likeness (QED) is 0.901. The molecule has 5 nitrogen and oxygen atoms in total. The first kappa shape index (κ1) is 16.1. The number of anilines is 1. The van der Waals surface area contributed by atoms with Crippen LogP contribution in [0.2, 0.25) is 0 Å². The molecule has 116 valence electrons. The van der Waals surface area contributed by atoms with E-state index in [4.69, 9.17) is 9.47 Å². The molecule has 1 N–H and O–H groups in total. The summed E-state index contributed by atoms with van der Waals surface area (Å²) in [5.41, 5.74) is 0.868. The lowest BCUT2D eigenvalue weighted by Crippen LogP contribution is -2.48. The molecule has 0 bridgehead atoms. The first-order chi connectivity index (χ1) is 9.74. The maximum atomic E-state index is 12.5. The third-order valence-corrected chi connectivity index (χ3v) is 3.64. The second kappa shape index (κ2) is 7.11. The molecule has 21 heavy (non-hydrogen) atoms. The Labute approximate surface area is 131 Å². The molecule has 1 saturated heterocycles. The Balaban J connectivity index is 0.00000161. The van der Waals surface area contributed by atoms with Gasteiger partial charge in [-0.05, 0) is 19.1 Å². The van der Waals surface area contributed by atoms with Crippen LogP contribution in [0.1, 0.15) is 13.3 Å². The van der Waals surface area contributed by atoms with Gasteiger partial charge in [-0.25, -0.2) is 0 Å². The number of hydrogen-bond donors (Lipinski definition) is 1. The topological polar surface area (TPSA) is 50.8 Å². The minimum atomic E-state index is 0. The van der Waals surface area contributed by atoms with E-state index in [2.05, 4.69) is 5.32 Å². The molecule has 1 fully saturated rings. The predicted octanol–water partition coefficient (Wildman–Crippen LogP) is 1.60. The zero-order valence-corrected chi connectivity index (χ0v) is 12.9. The molecule has 2 unspecified atom stereocenters. The monoisotopic (exact) mass is 312 g/mol. The van der Waals surface area contributed by atoms with Gasteiger partial charge in [0, 0.05) is 19.0 Å². The SMILES string of the molecule is CC1CN(C(=O)CC2COCCN2)c2ccccc2O1.Cl. The van der Waals surface area contributed by atoms with Crippen molar-refractivity contribution in [2.75, 3.05) is 31.2 Å². The molecule has 2 aliphatic heterocycles. The fraction of sp³-hybridized carbons (Fsp3) is 0.533. The summed E-state index contributed by atoms with van der Waals surface area (Å²) in [6.45, 7) is 4.73. The van der Waals surface area contributed by atoms with E-state index in [1.54, 1.807) is 0 Å². The Kier molecular flexibility index (Phi) is 5.45. The highest BCUT2D eigenvalue weighted by molar-refractivity contribution is 5.95. The predicted molar refractivity (Wildman–Crippen MR) is 83.4 cm³/mol. The van der Waals surface area contributed by atoms with Gasteiger partial charge in [0.05, 0.1) is 25.4 Å². The highest BCUT2D eigenvalue weighted by Gasteiger charge is 2.29. The molecule has 0 saturated carbocycles. The van der Waals surface area contributed by atoms with Crippen LogP contribution in [0.15, 0.2) is 24.3 Å². The van der Waals surface area contributed by atoms with E-state index in [-0.39, 0.29) is 30.5 Å². The zero-order valence-electron chi connectivity index (χ0n) is 12.1. The van der Waals surface area contributed by atoms with Gasteiger partial charge in [0.25, 0.3) is 0 Å². The van der Waals surface area contributed by atoms with Crippen molar-refractivity contribution in [3.05, 3.63) is 24.3 Å². The molecule has 6 heteroatoms. The Morgan fingerprint density at radius 1 is 1.43 bits per heavy atom. The molecular weight excluding hydrogens is 292 g/mol. The van der Waals surface area contributed by atoms with Crippen molar-refractivity contribution in [1.82, 2.24) is 5.32 Å². The molecule has 3 rings (SSSR count). The summed E-state index contributed by atoms with van der Waals surface area (Å²) in [6, 6.07) is 7.81. The molecule has 1 amide bonds. The molecule has 1 aromatic carbocycles. The largest absolute Gasteiger partial charge is 0.487 e. The molecule has 0 aliphatic carbocycles. The number of nitrogens with one attached hydrogen (secondary N) is 1. The fourth-order valence-corrected chi connectivity index (χ4v) is 2.70. The van der Waals surface area contributed by atoms with E-state index >= 15 is 0 Å². The second-order valence-corrected chi connectivity index (χ2v) is 5.33. The molecule has 2 heterocycles. The molecule has 2 aliphatic rings. The van der Waals surface area contributed by atoms with E-state index in [1.165, 1.54) is 0 Å². The highest BCUT2D eigenvalue weighted by Crippen LogP contribution is 2.33.